The van der Waals surface area contributed by atoms with Gasteiger partial charge in [-0.2, -0.15) is 0 Å². The number of hydrogen-bond acceptors (Lipinski definition) is 4. The van der Waals surface area contributed by atoms with Crippen molar-refractivity contribution in [1.29, 1.82) is 0 Å². The van der Waals surface area contributed by atoms with Crippen LogP contribution in [0.1, 0.15) is 25.7 Å². The molecule has 5 nitrogen and oxygen atoms in total. The number of hydrogen-bond donors (Lipinski definition) is 1. The molecule has 0 amide bonds. The van der Waals surface area contributed by atoms with E-state index in [1.807, 2.05) is 0 Å². The van der Waals surface area contributed by atoms with E-state index in [-0.39, 0.29) is 0 Å². The zero-order valence-corrected chi connectivity index (χ0v) is 11.6. The number of unbranched alkanes of at least 4 members (excludes halogenated alkanes) is 2. The Morgan fingerprint density at radius 2 is 1.82 bits per heavy atom. The molecule has 0 atom stereocenters. The minimum absolute atomic E-state index is 0.635. The fraction of sp³-hybridized carbons (Fsp3) is 1.00. The van der Waals surface area contributed by atoms with Crippen LogP contribution >= 0.6 is 0 Å². The molecule has 1 saturated heterocycles. The summed E-state index contributed by atoms with van der Waals surface area (Å²) in [6, 6.07) is 0. The van der Waals surface area contributed by atoms with Crippen LogP contribution in [-0.4, -0.2) is 63.1 Å². The van der Waals surface area contributed by atoms with Crippen molar-refractivity contribution in [2.45, 2.75) is 25.7 Å². The molecule has 1 aliphatic heterocycles. The quantitative estimate of drug-likeness (QED) is 0.689. The van der Waals surface area contributed by atoms with Crippen molar-refractivity contribution in [3.63, 3.8) is 0 Å². The van der Waals surface area contributed by atoms with Gasteiger partial charge in [0.25, 0.3) is 0 Å². The Labute approximate surface area is 105 Å². The third kappa shape index (κ3) is 5.81. The van der Waals surface area contributed by atoms with Gasteiger partial charge in [-0.3, -0.25) is 0 Å². The van der Waals surface area contributed by atoms with Crippen molar-refractivity contribution in [2.24, 2.45) is 5.73 Å². The predicted molar refractivity (Wildman–Crippen MR) is 70.4 cm³/mol. The van der Waals surface area contributed by atoms with E-state index in [2.05, 4.69) is 4.90 Å². The fourth-order valence-corrected chi connectivity index (χ4v) is 3.03. The predicted octanol–water partition coefficient (Wildman–Crippen LogP) is 0.0827. The molecule has 0 radical (unpaired) electrons. The Balaban J connectivity index is 2.28. The largest absolute Gasteiger partial charge is 0.330 e. The number of nitrogens with zero attached hydrogens (tertiary/aromatic N) is 2. The van der Waals surface area contributed by atoms with E-state index >= 15 is 0 Å². The highest BCUT2D eigenvalue weighted by atomic mass is 32.2. The Bertz CT molecular complexity index is 306. The van der Waals surface area contributed by atoms with Crippen LogP contribution in [-0.2, 0) is 10.0 Å². The highest BCUT2D eigenvalue weighted by Crippen LogP contribution is 2.08. The van der Waals surface area contributed by atoms with Crippen molar-refractivity contribution in [1.82, 2.24) is 9.21 Å². The molecule has 1 rings (SSSR count). The lowest BCUT2D eigenvalue weighted by Crippen LogP contribution is -2.34. The van der Waals surface area contributed by atoms with Crippen LogP contribution in [0.25, 0.3) is 0 Å². The van der Waals surface area contributed by atoms with E-state index < -0.39 is 10.0 Å². The van der Waals surface area contributed by atoms with Gasteiger partial charge in [0.15, 0.2) is 0 Å². The van der Waals surface area contributed by atoms with E-state index in [1.54, 1.807) is 4.31 Å². The first-order chi connectivity index (χ1) is 8.04. The van der Waals surface area contributed by atoms with Crippen LogP contribution in [0.5, 0.6) is 0 Å². The molecule has 102 valence electrons. The summed E-state index contributed by atoms with van der Waals surface area (Å²) in [6.45, 7) is 5.00. The molecule has 0 saturated carbocycles. The zero-order chi connectivity index (χ0) is 12.7. The lowest BCUT2D eigenvalue weighted by Gasteiger charge is -2.20. The topological polar surface area (TPSA) is 66.6 Å². The summed E-state index contributed by atoms with van der Waals surface area (Å²) in [5, 5.41) is 0. The molecule has 0 unspecified atom stereocenters. The second kappa shape index (κ2) is 7.31. The number of nitrogens with two attached hydrogens (primary N) is 1. The van der Waals surface area contributed by atoms with Gasteiger partial charge in [0, 0.05) is 19.6 Å². The third-order valence-corrected chi connectivity index (χ3v) is 4.50. The van der Waals surface area contributed by atoms with Crippen LogP contribution in [0, 0.1) is 0 Å². The normalized spacial score (nSPS) is 20.4. The lowest BCUT2D eigenvalue weighted by atomic mass is 10.2. The molecule has 0 spiro atoms. The van der Waals surface area contributed by atoms with Gasteiger partial charge < -0.3 is 10.6 Å². The molecule has 0 aromatic rings. The summed E-state index contributed by atoms with van der Waals surface area (Å²) >= 11 is 0. The van der Waals surface area contributed by atoms with E-state index in [0.717, 1.165) is 45.4 Å². The van der Waals surface area contributed by atoms with Crippen LogP contribution in [0.4, 0.5) is 0 Å². The van der Waals surface area contributed by atoms with E-state index in [1.165, 1.54) is 12.7 Å². The van der Waals surface area contributed by atoms with Crippen molar-refractivity contribution in [3.8, 4) is 0 Å². The summed E-state index contributed by atoms with van der Waals surface area (Å²) in [4.78, 5) is 2.36. The van der Waals surface area contributed by atoms with E-state index in [0.29, 0.717) is 13.1 Å². The Hall–Kier alpha value is -0.170. The molecule has 2 N–H and O–H groups in total. The second-order valence-electron chi connectivity index (χ2n) is 4.71. The molecular formula is C11H25N3O2S. The smallest absolute Gasteiger partial charge is 0.211 e. The first-order valence-corrected chi connectivity index (χ1v) is 8.26. The average Bonchev–Trinajstić information content (AvgIpc) is 2.49. The van der Waals surface area contributed by atoms with Crippen LogP contribution in [0.3, 0.4) is 0 Å². The van der Waals surface area contributed by atoms with Gasteiger partial charge in [0.2, 0.25) is 10.0 Å². The van der Waals surface area contributed by atoms with Crippen molar-refractivity contribution in [3.05, 3.63) is 0 Å². The van der Waals surface area contributed by atoms with E-state index in [9.17, 15) is 8.42 Å². The first-order valence-electron chi connectivity index (χ1n) is 6.41. The van der Waals surface area contributed by atoms with E-state index in [4.69, 9.17) is 5.73 Å². The lowest BCUT2D eigenvalue weighted by molar-refractivity contribution is 0.280. The molecule has 17 heavy (non-hydrogen) atoms. The van der Waals surface area contributed by atoms with Gasteiger partial charge in [0.1, 0.15) is 0 Å². The maximum Gasteiger partial charge on any atom is 0.211 e. The second-order valence-corrected chi connectivity index (χ2v) is 6.69. The van der Waals surface area contributed by atoms with Gasteiger partial charge in [0.05, 0.1) is 6.26 Å². The van der Waals surface area contributed by atoms with Gasteiger partial charge in [-0.1, -0.05) is 6.42 Å². The average molecular weight is 263 g/mol. The summed E-state index contributed by atoms with van der Waals surface area (Å²) in [6.07, 6.45) is 5.65. The van der Waals surface area contributed by atoms with Crippen molar-refractivity contribution < 1.29 is 8.42 Å². The molecule has 6 heteroatoms. The third-order valence-electron chi connectivity index (χ3n) is 3.19. The Kier molecular flexibility index (Phi) is 6.40. The molecule has 0 aromatic carbocycles. The highest BCUT2D eigenvalue weighted by molar-refractivity contribution is 7.88. The zero-order valence-electron chi connectivity index (χ0n) is 10.8. The minimum Gasteiger partial charge on any atom is -0.330 e. The van der Waals surface area contributed by atoms with Crippen molar-refractivity contribution >= 4 is 10.0 Å². The fourth-order valence-electron chi connectivity index (χ4n) is 2.16. The van der Waals surface area contributed by atoms with Gasteiger partial charge in [-0.15, -0.1) is 0 Å². The van der Waals surface area contributed by atoms with Crippen LogP contribution in [0.15, 0.2) is 0 Å². The number of rotatable bonds is 6. The number of sulfonamides is 1. The summed E-state index contributed by atoms with van der Waals surface area (Å²) < 4.78 is 24.5. The molecular weight excluding hydrogens is 238 g/mol. The maximum absolute atomic E-state index is 11.4. The Morgan fingerprint density at radius 3 is 2.47 bits per heavy atom. The van der Waals surface area contributed by atoms with Gasteiger partial charge >= 0.3 is 0 Å². The minimum atomic E-state index is -3.01. The van der Waals surface area contributed by atoms with Crippen LogP contribution in [0.2, 0.25) is 0 Å². The van der Waals surface area contributed by atoms with Gasteiger partial charge in [-0.05, 0) is 38.9 Å². The Morgan fingerprint density at radius 1 is 1.06 bits per heavy atom. The summed E-state index contributed by atoms with van der Waals surface area (Å²) in [5.41, 5.74) is 5.45. The molecule has 1 fully saturated rings. The first kappa shape index (κ1) is 14.9. The summed E-state index contributed by atoms with van der Waals surface area (Å²) in [7, 11) is -3.01. The standard InChI is InChI=1S/C11H25N3O2S/c1-17(15,16)14-9-5-8-13(10-11-14)7-4-2-3-6-12/h2-12H2,1H3. The molecule has 1 heterocycles. The summed E-state index contributed by atoms with van der Waals surface area (Å²) in [5.74, 6) is 0. The highest BCUT2D eigenvalue weighted by Gasteiger charge is 2.20. The van der Waals surface area contributed by atoms with Gasteiger partial charge in [-0.25, -0.2) is 12.7 Å². The van der Waals surface area contributed by atoms with Crippen molar-refractivity contribution in [2.75, 3.05) is 45.5 Å². The SMILES string of the molecule is CS(=O)(=O)N1CCCN(CCCCCN)CC1. The maximum atomic E-state index is 11.4. The monoisotopic (exact) mass is 263 g/mol. The molecule has 0 aromatic heterocycles. The molecule has 1 aliphatic rings. The van der Waals surface area contributed by atoms with Crippen LogP contribution < -0.4 is 5.73 Å². The molecule has 0 aliphatic carbocycles. The molecule has 0 bridgehead atoms.